The van der Waals surface area contributed by atoms with Crippen molar-refractivity contribution in [3.63, 3.8) is 0 Å². The van der Waals surface area contributed by atoms with E-state index in [-0.39, 0.29) is 10.8 Å². The van der Waals surface area contributed by atoms with Crippen LogP contribution in [0.2, 0.25) is 0 Å². The van der Waals surface area contributed by atoms with Crippen LogP contribution in [0.4, 0.5) is 0 Å². The summed E-state index contributed by atoms with van der Waals surface area (Å²) in [5.41, 5.74) is 29.3. The number of ether oxygens (including phenoxy) is 2. The smallest absolute Gasteiger partial charge is 0.119 e. The lowest BCUT2D eigenvalue weighted by molar-refractivity contribution is 0.328. The maximum absolute atomic E-state index is 5.89. The van der Waals surface area contributed by atoms with Crippen molar-refractivity contribution in [3.8, 4) is 56.0 Å². The summed E-state index contributed by atoms with van der Waals surface area (Å²) in [5, 5.41) is 0. The van der Waals surface area contributed by atoms with Crippen molar-refractivity contribution in [2.75, 3.05) is 26.3 Å². The Morgan fingerprint density at radius 2 is 0.656 bits per heavy atom. The molecule has 8 heteroatoms. The average Bonchev–Trinajstić information content (AvgIpc) is 4.14. The van der Waals surface area contributed by atoms with Crippen LogP contribution in [0, 0.1) is 0 Å². The highest BCUT2D eigenvalue weighted by Crippen LogP contribution is 2.40. The van der Waals surface area contributed by atoms with Gasteiger partial charge in [0, 0.05) is 57.4 Å². The highest BCUT2D eigenvalue weighted by molar-refractivity contribution is 6.00. The molecule has 8 bridgehead atoms. The zero-order valence-corrected chi connectivity index (χ0v) is 37.6. The van der Waals surface area contributed by atoms with Gasteiger partial charge in [0.25, 0.3) is 0 Å². The topological polar surface area (TPSA) is 128 Å². The van der Waals surface area contributed by atoms with E-state index in [2.05, 4.69) is 173 Å². The van der Waals surface area contributed by atoms with E-state index in [0.29, 0.717) is 26.3 Å². The third kappa shape index (κ3) is 8.54. The van der Waals surface area contributed by atoms with Crippen LogP contribution in [0.3, 0.4) is 0 Å². The summed E-state index contributed by atoms with van der Waals surface area (Å²) in [7, 11) is 0. The Morgan fingerprint density at radius 3 is 0.906 bits per heavy atom. The van der Waals surface area contributed by atoms with Gasteiger partial charge in [-0.25, -0.2) is 9.97 Å². The molecule has 2 aliphatic heterocycles. The van der Waals surface area contributed by atoms with E-state index in [1.165, 1.54) is 11.1 Å². The molecule has 0 aliphatic carbocycles. The molecule has 0 fully saturated rings. The molecule has 0 spiro atoms. The predicted octanol–water partition coefficient (Wildman–Crippen LogP) is 12.6. The minimum atomic E-state index is 0.00595. The van der Waals surface area contributed by atoms with Gasteiger partial charge < -0.3 is 30.9 Å². The van der Waals surface area contributed by atoms with Crippen LogP contribution < -0.4 is 20.9 Å². The van der Waals surface area contributed by atoms with E-state index >= 15 is 0 Å². The number of nitrogens with two attached hydrogens (primary N) is 2. The quantitative estimate of drug-likeness (QED) is 0.109. The highest BCUT2D eigenvalue weighted by atomic mass is 16.5. The molecular formula is C56H56N6O2. The van der Waals surface area contributed by atoms with Gasteiger partial charge >= 0.3 is 0 Å². The number of aromatic nitrogens is 4. The number of rotatable bonds is 10. The maximum Gasteiger partial charge on any atom is 0.119 e. The maximum atomic E-state index is 5.89. The standard InChI is InChI=1S/C56H56N6O2/c1-55(2,3)39-15-7-35(8-16-39)51-43-23-27-47(59-43)53(37-11-19-41(20-12-37)63-33-31-57)49-29-25-45(61-49)52(36-9-17-40(18-10-36)56(4,5)6)46-26-30-50(62-46)54(48-28-24-44(51)60-48)38-13-21-42(22-14-38)64-34-32-58/h7-30,59,62H,31-34,57-58H2,1-6H3. The van der Waals surface area contributed by atoms with Crippen LogP contribution in [-0.4, -0.2) is 46.2 Å². The lowest BCUT2D eigenvalue weighted by Crippen LogP contribution is -2.10. The SMILES string of the molecule is CC(C)(C)c1ccc(-c2c3nc(c(-c4ccc(OCCN)cc4)c4ccc([nH]4)c(-c4ccc(C(C)(C)C)cc4)c4nc(c(-c5ccc(OCCN)cc5)c5ccc2[nH]5)C=C4)C=C3)cc1. The number of benzene rings is 4. The zero-order chi connectivity index (χ0) is 44.6. The van der Waals surface area contributed by atoms with Gasteiger partial charge in [0.1, 0.15) is 24.7 Å². The lowest BCUT2D eigenvalue weighted by atomic mass is 9.86. The minimum Gasteiger partial charge on any atom is -0.492 e. The van der Waals surface area contributed by atoms with Crippen LogP contribution in [0.25, 0.3) is 90.9 Å². The number of hydrogen-bond donors (Lipinski definition) is 4. The van der Waals surface area contributed by atoms with Crippen molar-refractivity contribution in [2.24, 2.45) is 11.5 Å². The molecule has 6 N–H and O–H groups in total. The van der Waals surface area contributed by atoms with Crippen molar-refractivity contribution >= 4 is 46.4 Å². The van der Waals surface area contributed by atoms with Gasteiger partial charge in [0.2, 0.25) is 0 Å². The number of aromatic amines is 2. The second-order valence-electron chi connectivity index (χ2n) is 18.5. The Kier molecular flexibility index (Phi) is 11.4. The van der Waals surface area contributed by atoms with Crippen molar-refractivity contribution in [1.29, 1.82) is 0 Å². The van der Waals surface area contributed by atoms with Crippen molar-refractivity contribution in [3.05, 3.63) is 155 Å². The fourth-order valence-electron chi connectivity index (χ4n) is 8.48. The van der Waals surface area contributed by atoms with Crippen LogP contribution in [0.15, 0.2) is 121 Å². The highest BCUT2D eigenvalue weighted by Gasteiger charge is 2.21. The molecular weight excluding hydrogens is 789 g/mol. The van der Waals surface area contributed by atoms with Gasteiger partial charge in [-0.05, 0) is 117 Å². The Morgan fingerprint density at radius 1 is 0.391 bits per heavy atom. The van der Waals surface area contributed by atoms with E-state index in [1.54, 1.807) is 0 Å². The molecule has 4 aromatic carbocycles. The second kappa shape index (κ2) is 17.3. The molecule has 0 atom stereocenters. The van der Waals surface area contributed by atoms with E-state index in [9.17, 15) is 0 Å². The van der Waals surface area contributed by atoms with Gasteiger partial charge in [-0.3, -0.25) is 0 Å². The van der Waals surface area contributed by atoms with Gasteiger partial charge in [0.15, 0.2) is 0 Å². The summed E-state index contributed by atoms with van der Waals surface area (Å²) in [4.78, 5) is 18.7. The zero-order valence-electron chi connectivity index (χ0n) is 37.6. The number of fused-ring (bicyclic) bond motifs is 8. The third-order valence-electron chi connectivity index (χ3n) is 11.9. The Hall–Kier alpha value is -7.00. The Balaban J connectivity index is 1.39. The summed E-state index contributed by atoms with van der Waals surface area (Å²) in [6.07, 6.45) is 8.52. The van der Waals surface area contributed by atoms with Crippen LogP contribution >= 0.6 is 0 Å². The molecule has 0 unspecified atom stereocenters. The number of nitrogens with zero attached hydrogens (tertiary/aromatic N) is 2. The molecule has 2 aliphatic rings. The van der Waals surface area contributed by atoms with Gasteiger partial charge in [-0.2, -0.15) is 0 Å². The Bertz CT molecular complexity index is 2840. The van der Waals surface area contributed by atoms with Crippen molar-refractivity contribution < 1.29 is 9.47 Å². The lowest BCUT2D eigenvalue weighted by Gasteiger charge is -2.19. The minimum absolute atomic E-state index is 0.00595. The molecule has 3 aromatic heterocycles. The van der Waals surface area contributed by atoms with Gasteiger partial charge in [-0.1, -0.05) is 114 Å². The first-order chi connectivity index (χ1) is 30.9. The number of H-pyrrole nitrogens is 2. The molecule has 7 aromatic rings. The number of hydrogen-bond acceptors (Lipinski definition) is 6. The predicted molar refractivity (Wildman–Crippen MR) is 267 cm³/mol. The molecule has 8 nitrogen and oxygen atoms in total. The summed E-state index contributed by atoms with van der Waals surface area (Å²) >= 11 is 0. The van der Waals surface area contributed by atoms with Crippen molar-refractivity contribution in [1.82, 2.24) is 19.9 Å². The third-order valence-corrected chi connectivity index (χ3v) is 11.9. The average molecular weight is 845 g/mol. The van der Waals surface area contributed by atoms with Crippen LogP contribution in [0.5, 0.6) is 11.5 Å². The number of nitrogens with one attached hydrogen (secondary N) is 2. The normalized spacial score (nSPS) is 12.5. The molecule has 9 rings (SSSR count). The molecule has 64 heavy (non-hydrogen) atoms. The molecule has 0 saturated heterocycles. The van der Waals surface area contributed by atoms with Crippen molar-refractivity contribution in [2.45, 2.75) is 52.4 Å². The molecule has 0 radical (unpaired) electrons. The van der Waals surface area contributed by atoms with Gasteiger partial charge in [-0.15, -0.1) is 0 Å². The van der Waals surface area contributed by atoms with E-state index in [4.69, 9.17) is 30.9 Å². The fraction of sp³-hybridized carbons (Fsp3) is 0.214. The van der Waals surface area contributed by atoms with Crippen LogP contribution in [-0.2, 0) is 10.8 Å². The second-order valence-corrected chi connectivity index (χ2v) is 18.5. The summed E-state index contributed by atoms with van der Waals surface area (Å²) in [5.74, 6) is 1.53. The molecule has 0 amide bonds. The largest absolute Gasteiger partial charge is 0.492 e. The van der Waals surface area contributed by atoms with Crippen LogP contribution in [0.1, 0.15) is 75.4 Å². The first-order valence-corrected chi connectivity index (χ1v) is 22.1. The molecule has 5 heterocycles. The first kappa shape index (κ1) is 42.3. The van der Waals surface area contributed by atoms with E-state index in [0.717, 1.165) is 101 Å². The van der Waals surface area contributed by atoms with E-state index in [1.807, 2.05) is 24.3 Å². The Labute approximate surface area is 375 Å². The first-order valence-electron chi connectivity index (χ1n) is 22.1. The summed E-state index contributed by atoms with van der Waals surface area (Å²) < 4.78 is 11.8. The van der Waals surface area contributed by atoms with E-state index < -0.39 is 0 Å². The molecule has 322 valence electrons. The fourth-order valence-corrected chi connectivity index (χ4v) is 8.48. The monoisotopic (exact) mass is 844 g/mol. The summed E-state index contributed by atoms with van der Waals surface area (Å²) in [6.45, 7) is 15.2. The van der Waals surface area contributed by atoms with Gasteiger partial charge in [0.05, 0.1) is 22.8 Å². The molecule has 0 saturated carbocycles. The summed E-state index contributed by atoms with van der Waals surface area (Å²) in [6, 6.07) is 42.8.